The van der Waals surface area contributed by atoms with Crippen molar-refractivity contribution in [3.8, 4) is 0 Å². The lowest BCUT2D eigenvalue weighted by Gasteiger charge is -2.29. The number of carbonyl (C=O) groups excluding carboxylic acids is 2. The summed E-state index contributed by atoms with van der Waals surface area (Å²) in [6, 6.07) is 2.10. The second kappa shape index (κ2) is 7.66. The van der Waals surface area contributed by atoms with Crippen LogP contribution in [0, 0.1) is 6.92 Å². The molecule has 0 bridgehead atoms. The molecule has 1 saturated heterocycles. The summed E-state index contributed by atoms with van der Waals surface area (Å²) >= 11 is 3.63. The SMILES string of the molecule is Cc1cc(C(=O)NCCN(C(=O)C2CSCCS2)C2CC2)co1. The molecule has 1 aliphatic heterocycles. The van der Waals surface area contributed by atoms with Crippen molar-refractivity contribution < 1.29 is 14.0 Å². The maximum atomic E-state index is 12.7. The van der Waals surface area contributed by atoms with Gasteiger partial charge < -0.3 is 14.6 Å². The van der Waals surface area contributed by atoms with Crippen LogP contribution >= 0.6 is 23.5 Å². The van der Waals surface area contributed by atoms with Crippen molar-refractivity contribution >= 4 is 35.3 Å². The van der Waals surface area contributed by atoms with Gasteiger partial charge in [-0.05, 0) is 25.8 Å². The maximum Gasteiger partial charge on any atom is 0.254 e. The minimum absolute atomic E-state index is 0.0848. The van der Waals surface area contributed by atoms with Crippen molar-refractivity contribution in [1.29, 1.82) is 0 Å². The lowest BCUT2D eigenvalue weighted by Crippen LogP contribution is -2.45. The zero-order valence-corrected chi connectivity index (χ0v) is 14.9. The molecule has 0 aromatic carbocycles. The van der Waals surface area contributed by atoms with E-state index in [2.05, 4.69) is 5.32 Å². The van der Waals surface area contributed by atoms with Crippen molar-refractivity contribution in [3.05, 3.63) is 23.7 Å². The van der Waals surface area contributed by atoms with Gasteiger partial charge in [0.1, 0.15) is 12.0 Å². The van der Waals surface area contributed by atoms with Crippen molar-refractivity contribution in [3.63, 3.8) is 0 Å². The minimum atomic E-state index is -0.146. The Bertz CT molecular complexity index is 565. The van der Waals surface area contributed by atoms with Crippen molar-refractivity contribution in [1.82, 2.24) is 10.2 Å². The van der Waals surface area contributed by atoms with Gasteiger partial charge >= 0.3 is 0 Å². The third-order valence-electron chi connectivity index (χ3n) is 3.99. The quantitative estimate of drug-likeness (QED) is 0.848. The number of carbonyl (C=O) groups is 2. The van der Waals surface area contributed by atoms with E-state index in [4.69, 9.17) is 4.42 Å². The molecule has 0 spiro atoms. The van der Waals surface area contributed by atoms with E-state index in [-0.39, 0.29) is 17.1 Å². The Morgan fingerprint density at radius 2 is 2.22 bits per heavy atom. The van der Waals surface area contributed by atoms with Gasteiger partial charge in [-0.1, -0.05) is 0 Å². The maximum absolute atomic E-state index is 12.7. The van der Waals surface area contributed by atoms with Gasteiger partial charge in [0.25, 0.3) is 5.91 Å². The first-order valence-electron chi connectivity index (χ1n) is 7.98. The third-order valence-corrected chi connectivity index (χ3v) is 6.73. The Balaban J connectivity index is 1.49. The molecule has 1 aromatic rings. The molecule has 0 radical (unpaired) electrons. The number of aryl methyl sites for hydroxylation is 1. The van der Waals surface area contributed by atoms with Crippen LogP contribution in [0.4, 0.5) is 0 Å². The molecule has 1 atom stereocenters. The molecular weight excluding hydrogens is 332 g/mol. The zero-order valence-electron chi connectivity index (χ0n) is 13.2. The molecule has 1 N–H and O–H groups in total. The first-order valence-corrected chi connectivity index (χ1v) is 10.2. The van der Waals surface area contributed by atoms with Crippen molar-refractivity contribution in [2.24, 2.45) is 0 Å². The highest BCUT2D eigenvalue weighted by Crippen LogP contribution is 2.31. The largest absolute Gasteiger partial charge is 0.469 e. The fourth-order valence-electron chi connectivity index (χ4n) is 2.63. The van der Waals surface area contributed by atoms with Crippen LogP contribution in [0.25, 0.3) is 0 Å². The van der Waals surface area contributed by atoms with Gasteiger partial charge in [0.15, 0.2) is 0 Å². The monoisotopic (exact) mass is 354 g/mol. The topological polar surface area (TPSA) is 62.6 Å². The average Bonchev–Trinajstić information content (AvgIpc) is 3.32. The highest BCUT2D eigenvalue weighted by Gasteiger charge is 2.36. The fraction of sp³-hybridized carbons (Fsp3) is 0.625. The van der Waals surface area contributed by atoms with E-state index in [1.165, 1.54) is 6.26 Å². The molecular formula is C16H22N2O3S2. The molecule has 2 aliphatic rings. The van der Waals surface area contributed by atoms with Gasteiger partial charge in [0, 0.05) is 36.4 Å². The smallest absolute Gasteiger partial charge is 0.254 e. The number of nitrogens with one attached hydrogen (secondary N) is 1. The number of rotatable bonds is 6. The Hall–Kier alpha value is -1.08. The zero-order chi connectivity index (χ0) is 16.2. The van der Waals surface area contributed by atoms with Crippen LogP contribution in [0.5, 0.6) is 0 Å². The number of furan rings is 1. The lowest BCUT2D eigenvalue weighted by molar-refractivity contribution is -0.130. The second-order valence-electron chi connectivity index (χ2n) is 5.90. The Morgan fingerprint density at radius 1 is 1.39 bits per heavy atom. The first-order chi connectivity index (χ1) is 11.1. The van der Waals surface area contributed by atoms with Gasteiger partial charge in [-0.3, -0.25) is 9.59 Å². The van der Waals surface area contributed by atoms with Crippen molar-refractivity contribution in [2.45, 2.75) is 31.1 Å². The van der Waals surface area contributed by atoms with Gasteiger partial charge in [0.2, 0.25) is 5.91 Å². The lowest BCUT2D eigenvalue weighted by atomic mass is 10.3. The van der Waals surface area contributed by atoms with Crippen molar-refractivity contribution in [2.75, 3.05) is 30.3 Å². The highest BCUT2D eigenvalue weighted by molar-refractivity contribution is 8.07. The third kappa shape index (κ3) is 4.47. The molecule has 2 amide bonds. The van der Waals surface area contributed by atoms with Crippen LogP contribution < -0.4 is 5.32 Å². The number of hydrogen-bond acceptors (Lipinski definition) is 5. The standard InChI is InChI=1S/C16H22N2O3S2/c1-11-8-12(9-21-11)15(19)17-4-5-18(13-2-3-13)16(20)14-10-22-6-7-23-14/h8-9,13-14H,2-7,10H2,1H3,(H,17,19). The summed E-state index contributed by atoms with van der Waals surface area (Å²) in [4.78, 5) is 26.7. The minimum Gasteiger partial charge on any atom is -0.469 e. The summed E-state index contributed by atoms with van der Waals surface area (Å²) in [6.45, 7) is 2.88. The van der Waals surface area contributed by atoms with Crippen LogP contribution in [0.1, 0.15) is 29.0 Å². The van der Waals surface area contributed by atoms with Crippen LogP contribution in [-0.4, -0.2) is 58.4 Å². The Labute approximate surface area is 144 Å². The summed E-state index contributed by atoms with van der Waals surface area (Å²) in [5.74, 6) is 3.92. The average molecular weight is 354 g/mol. The molecule has 1 unspecified atom stereocenters. The van der Waals surface area contributed by atoms with E-state index in [0.717, 1.165) is 35.9 Å². The van der Waals surface area contributed by atoms with E-state index in [1.54, 1.807) is 17.8 Å². The van der Waals surface area contributed by atoms with Crippen LogP contribution in [-0.2, 0) is 4.79 Å². The summed E-state index contributed by atoms with van der Waals surface area (Å²) in [7, 11) is 0. The molecule has 2 fully saturated rings. The van der Waals surface area contributed by atoms with E-state index in [0.29, 0.717) is 24.7 Å². The molecule has 5 nitrogen and oxygen atoms in total. The number of amides is 2. The normalized spacial score (nSPS) is 21.0. The van der Waals surface area contributed by atoms with Crippen LogP contribution in [0.15, 0.2) is 16.7 Å². The van der Waals surface area contributed by atoms with E-state index in [9.17, 15) is 9.59 Å². The van der Waals surface area contributed by atoms with Crippen LogP contribution in [0.2, 0.25) is 0 Å². The fourth-order valence-corrected chi connectivity index (χ4v) is 5.24. The van der Waals surface area contributed by atoms with E-state index in [1.807, 2.05) is 23.6 Å². The molecule has 3 rings (SSSR count). The van der Waals surface area contributed by atoms with Gasteiger partial charge in [-0.25, -0.2) is 0 Å². The number of nitrogens with zero attached hydrogens (tertiary/aromatic N) is 1. The van der Waals surface area contributed by atoms with Crippen LogP contribution in [0.3, 0.4) is 0 Å². The van der Waals surface area contributed by atoms with Gasteiger partial charge in [-0.2, -0.15) is 11.8 Å². The molecule has 23 heavy (non-hydrogen) atoms. The van der Waals surface area contributed by atoms with Gasteiger partial charge in [0.05, 0.1) is 10.8 Å². The second-order valence-corrected chi connectivity index (χ2v) is 8.36. The van der Waals surface area contributed by atoms with Gasteiger partial charge in [-0.15, -0.1) is 11.8 Å². The molecule has 1 aliphatic carbocycles. The Kier molecular flexibility index (Phi) is 5.58. The Morgan fingerprint density at radius 3 is 2.83 bits per heavy atom. The van der Waals surface area contributed by atoms with E-state index < -0.39 is 0 Å². The number of hydrogen-bond donors (Lipinski definition) is 1. The molecule has 1 aromatic heterocycles. The molecule has 7 heteroatoms. The first kappa shape index (κ1) is 16.8. The predicted molar refractivity (Wildman–Crippen MR) is 94.1 cm³/mol. The number of thioether (sulfide) groups is 2. The van der Waals surface area contributed by atoms with E-state index >= 15 is 0 Å². The summed E-state index contributed by atoms with van der Waals surface area (Å²) < 4.78 is 5.15. The molecule has 1 saturated carbocycles. The predicted octanol–water partition coefficient (Wildman–Crippen LogP) is 2.16. The summed E-state index contributed by atoms with van der Waals surface area (Å²) in [6.07, 6.45) is 3.64. The highest BCUT2D eigenvalue weighted by atomic mass is 32.2. The molecule has 126 valence electrons. The summed E-state index contributed by atoms with van der Waals surface area (Å²) in [5.41, 5.74) is 0.533. The molecule has 2 heterocycles. The summed E-state index contributed by atoms with van der Waals surface area (Å²) in [5, 5.41) is 2.96.